The molecule has 2 atom stereocenters. The number of unbranched alkanes of at least 4 members (excludes halogenated alkanes) is 3. The van der Waals surface area contributed by atoms with E-state index in [1.807, 2.05) is 6.08 Å². The van der Waals surface area contributed by atoms with Crippen LogP contribution in [0.1, 0.15) is 58.3 Å². The van der Waals surface area contributed by atoms with Gasteiger partial charge in [-0.05, 0) is 51.4 Å². The molecule has 1 saturated heterocycles. The zero-order valence-corrected chi connectivity index (χ0v) is 14.2. The molecule has 1 fully saturated rings. The van der Waals surface area contributed by atoms with E-state index in [4.69, 9.17) is 9.84 Å². The molecular weight excluding hydrogens is 288 g/mol. The summed E-state index contributed by atoms with van der Waals surface area (Å²) in [5, 5.41) is 8.69. The minimum atomic E-state index is -0.845. The van der Waals surface area contributed by atoms with Crippen molar-refractivity contribution in [1.29, 1.82) is 0 Å². The molecule has 0 saturated carbocycles. The third-order valence-corrected chi connectivity index (χ3v) is 3.63. The van der Waals surface area contributed by atoms with Crippen molar-refractivity contribution in [3.05, 3.63) is 48.6 Å². The van der Waals surface area contributed by atoms with E-state index in [1.54, 1.807) is 0 Å². The fraction of sp³-hybridized carbons (Fsp3) is 0.550. The third kappa shape index (κ3) is 10.7. The van der Waals surface area contributed by atoms with Gasteiger partial charge >= 0.3 is 5.97 Å². The zero-order valence-electron chi connectivity index (χ0n) is 14.2. The first-order valence-electron chi connectivity index (χ1n) is 8.74. The molecule has 3 heteroatoms. The normalized spacial score (nSPS) is 21.3. The maximum atomic E-state index is 10.6. The highest BCUT2D eigenvalue weighted by Gasteiger charge is 2.43. The summed E-state index contributed by atoms with van der Waals surface area (Å²) in [6.07, 6.45) is 25.2. The van der Waals surface area contributed by atoms with Gasteiger partial charge in [-0.15, -0.1) is 0 Å². The standard InChI is InChI=1S/C20H30O3/c1-2-3-4-5-6-7-8-9-10-11-12-13-14-15-16-17-18-19(23-18)20(21)22/h3-4,6-7,9-10,15-16,18-19H,2,5,8,11-14,17H2,1H3,(H,21,22). The molecule has 1 N–H and O–H groups in total. The Morgan fingerprint density at radius 1 is 0.913 bits per heavy atom. The van der Waals surface area contributed by atoms with Crippen LogP contribution in [0.15, 0.2) is 48.6 Å². The fourth-order valence-corrected chi connectivity index (χ4v) is 2.24. The molecule has 0 radical (unpaired) electrons. The van der Waals surface area contributed by atoms with Gasteiger partial charge in [0.15, 0.2) is 6.10 Å². The summed E-state index contributed by atoms with van der Waals surface area (Å²) in [6, 6.07) is 0. The van der Waals surface area contributed by atoms with Crippen molar-refractivity contribution in [3.8, 4) is 0 Å². The third-order valence-electron chi connectivity index (χ3n) is 3.63. The van der Waals surface area contributed by atoms with Crippen LogP contribution in [0.3, 0.4) is 0 Å². The number of epoxide rings is 1. The molecule has 0 bridgehead atoms. The first-order valence-corrected chi connectivity index (χ1v) is 8.74. The van der Waals surface area contributed by atoms with Crippen LogP contribution in [0.5, 0.6) is 0 Å². The lowest BCUT2D eigenvalue weighted by Crippen LogP contribution is -2.07. The summed E-state index contributed by atoms with van der Waals surface area (Å²) < 4.78 is 5.03. The van der Waals surface area contributed by atoms with E-state index >= 15 is 0 Å². The Labute approximate surface area is 140 Å². The number of carboxylic acid groups (broad SMARTS) is 1. The van der Waals surface area contributed by atoms with Gasteiger partial charge in [-0.1, -0.05) is 55.5 Å². The van der Waals surface area contributed by atoms with E-state index in [2.05, 4.69) is 49.5 Å². The van der Waals surface area contributed by atoms with Crippen LogP contribution in [0.25, 0.3) is 0 Å². The van der Waals surface area contributed by atoms with Crippen molar-refractivity contribution in [2.45, 2.75) is 70.5 Å². The summed E-state index contributed by atoms with van der Waals surface area (Å²) in [6.45, 7) is 2.15. The molecule has 1 aliphatic rings. The largest absolute Gasteiger partial charge is 0.479 e. The van der Waals surface area contributed by atoms with Crippen LogP contribution < -0.4 is 0 Å². The van der Waals surface area contributed by atoms with E-state index in [9.17, 15) is 4.79 Å². The van der Waals surface area contributed by atoms with Gasteiger partial charge in [-0.3, -0.25) is 0 Å². The van der Waals surface area contributed by atoms with Crippen molar-refractivity contribution in [1.82, 2.24) is 0 Å². The molecule has 1 heterocycles. The van der Waals surface area contributed by atoms with Crippen molar-refractivity contribution in [3.63, 3.8) is 0 Å². The van der Waals surface area contributed by atoms with Gasteiger partial charge in [-0.25, -0.2) is 4.79 Å². The highest BCUT2D eigenvalue weighted by molar-refractivity contribution is 5.75. The Hall–Kier alpha value is -1.61. The van der Waals surface area contributed by atoms with Crippen LogP contribution in [0.4, 0.5) is 0 Å². The molecule has 23 heavy (non-hydrogen) atoms. The fourth-order valence-electron chi connectivity index (χ4n) is 2.24. The molecule has 1 rings (SSSR count). The number of hydrogen-bond acceptors (Lipinski definition) is 2. The molecule has 0 aliphatic carbocycles. The summed E-state index contributed by atoms with van der Waals surface area (Å²) in [7, 11) is 0. The maximum absolute atomic E-state index is 10.6. The first-order chi connectivity index (χ1) is 11.3. The molecule has 128 valence electrons. The minimum Gasteiger partial charge on any atom is -0.479 e. The van der Waals surface area contributed by atoms with Crippen LogP contribution in [-0.2, 0) is 9.53 Å². The highest BCUT2D eigenvalue weighted by Crippen LogP contribution is 2.25. The zero-order chi connectivity index (χ0) is 16.8. The summed E-state index contributed by atoms with van der Waals surface area (Å²) in [5.74, 6) is -0.845. The molecule has 1 aliphatic heterocycles. The van der Waals surface area contributed by atoms with Gasteiger partial charge in [0, 0.05) is 0 Å². The average molecular weight is 318 g/mol. The highest BCUT2D eigenvalue weighted by atomic mass is 16.6. The van der Waals surface area contributed by atoms with Crippen molar-refractivity contribution in [2.24, 2.45) is 0 Å². The van der Waals surface area contributed by atoms with Gasteiger partial charge in [0.05, 0.1) is 6.10 Å². The summed E-state index contributed by atoms with van der Waals surface area (Å²) in [5.41, 5.74) is 0. The Balaban J connectivity index is 1.86. The second-order valence-electron chi connectivity index (χ2n) is 5.72. The molecule has 0 amide bonds. The van der Waals surface area contributed by atoms with E-state index in [0.717, 1.165) is 38.5 Å². The van der Waals surface area contributed by atoms with Gasteiger partial charge in [-0.2, -0.15) is 0 Å². The van der Waals surface area contributed by atoms with E-state index in [0.29, 0.717) is 0 Å². The Kier molecular flexibility index (Phi) is 10.9. The number of allylic oxidation sites excluding steroid dienone is 7. The SMILES string of the molecule is CCC=CCC=CCC=CCCCCC=CCC1OC1C(=O)O. The number of rotatable bonds is 13. The molecule has 0 aromatic rings. The van der Waals surface area contributed by atoms with Crippen LogP contribution >= 0.6 is 0 Å². The van der Waals surface area contributed by atoms with Crippen molar-refractivity contribution in [2.75, 3.05) is 0 Å². The van der Waals surface area contributed by atoms with E-state index in [-0.39, 0.29) is 6.10 Å². The molecule has 0 aromatic heterocycles. The lowest BCUT2D eigenvalue weighted by Gasteiger charge is -1.93. The van der Waals surface area contributed by atoms with Gasteiger partial charge in [0.25, 0.3) is 0 Å². The Bertz CT molecular complexity index is 432. The molecule has 3 nitrogen and oxygen atoms in total. The van der Waals surface area contributed by atoms with E-state index < -0.39 is 12.1 Å². The quantitative estimate of drug-likeness (QED) is 0.288. The van der Waals surface area contributed by atoms with Gasteiger partial charge < -0.3 is 9.84 Å². The van der Waals surface area contributed by atoms with Crippen LogP contribution in [-0.4, -0.2) is 23.3 Å². The minimum absolute atomic E-state index is 0.0998. The molecule has 2 unspecified atom stereocenters. The molecule has 0 aromatic carbocycles. The number of hydrogen-bond donors (Lipinski definition) is 1. The Morgan fingerprint density at radius 2 is 1.48 bits per heavy atom. The topological polar surface area (TPSA) is 49.8 Å². The lowest BCUT2D eigenvalue weighted by molar-refractivity contribution is -0.138. The number of carboxylic acids is 1. The first kappa shape index (κ1) is 19.4. The second kappa shape index (κ2) is 12.9. The van der Waals surface area contributed by atoms with Crippen LogP contribution in [0.2, 0.25) is 0 Å². The van der Waals surface area contributed by atoms with Crippen molar-refractivity contribution >= 4 is 5.97 Å². The number of carbonyl (C=O) groups is 1. The Morgan fingerprint density at radius 3 is 2.04 bits per heavy atom. The lowest BCUT2D eigenvalue weighted by atomic mass is 10.1. The van der Waals surface area contributed by atoms with Gasteiger partial charge in [0.2, 0.25) is 0 Å². The van der Waals surface area contributed by atoms with Crippen LogP contribution in [0, 0.1) is 0 Å². The van der Waals surface area contributed by atoms with E-state index in [1.165, 1.54) is 12.8 Å². The monoisotopic (exact) mass is 318 g/mol. The average Bonchev–Trinajstić information content (AvgIpc) is 3.31. The maximum Gasteiger partial charge on any atom is 0.335 e. The summed E-state index contributed by atoms with van der Waals surface area (Å²) in [4.78, 5) is 10.6. The predicted molar refractivity (Wildman–Crippen MR) is 95.5 cm³/mol. The molecule has 0 spiro atoms. The van der Waals surface area contributed by atoms with Crippen molar-refractivity contribution < 1.29 is 14.6 Å². The van der Waals surface area contributed by atoms with Gasteiger partial charge in [0.1, 0.15) is 0 Å². The smallest absolute Gasteiger partial charge is 0.335 e. The second-order valence-corrected chi connectivity index (χ2v) is 5.72. The summed E-state index contributed by atoms with van der Waals surface area (Å²) >= 11 is 0. The molecular formula is C20H30O3. The number of ether oxygens (including phenoxy) is 1. The number of aliphatic carboxylic acids is 1. The predicted octanol–water partition coefficient (Wildman–Crippen LogP) is 5.20.